The number of carbonyl (C=O) groups is 1. The molecule has 2 saturated heterocycles. The fraction of sp³-hybridized carbons (Fsp3) is 0.565. The van der Waals surface area contributed by atoms with Crippen molar-refractivity contribution in [1.29, 1.82) is 0 Å². The molecule has 210 valence electrons. The average molecular weight is 584 g/mol. The topological polar surface area (TPSA) is 131 Å². The number of methoxy groups -OCH3 is 1. The van der Waals surface area contributed by atoms with Gasteiger partial charge in [-0.3, -0.25) is 9.20 Å². The number of likely N-dealkylation sites (tertiary alicyclic amines) is 1. The maximum atomic E-state index is 13.4. The number of hydrogen-bond donors (Lipinski definition) is 1. The molecule has 16 heteroatoms. The summed E-state index contributed by atoms with van der Waals surface area (Å²) >= 11 is 0.715. The molecule has 3 fully saturated rings. The lowest BCUT2D eigenvalue weighted by atomic mass is 10.1. The van der Waals surface area contributed by atoms with E-state index in [4.69, 9.17) is 9.47 Å². The number of hydrogen-bond acceptors (Lipinski definition) is 10. The second-order valence-electron chi connectivity index (χ2n) is 10.2. The van der Waals surface area contributed by atoms with Crippen molar-refractivity contribution in [3.05, 3.63) is 23.5 Å². The van der Waals surface area contributed by atoms with Crippen LogP contribution in [0, 0.1) is 0 Å². The molecule has 0 bridgehead atoms. The predicted molar refractivity (Wildman–Crippen MR) is 136 cm³/mol. The molecule has 3 aromatic heterocycles. The summed E-state index contributed by atoms with van der Waals surface area (Å²) in [5.74, 6) is -0.159. The van der Waals surface area contributed by atoms with Gasteiger partial charge in [0.1, 0.15) is 10.6 Å². The van der Waals surface area contributed by atoms with Crippen LogP contribution in [0.3, 0.4) is 0 Å². The molecule has 0 radical (unpaired) electrons. The fourth-order valence-electron chi connectivity index (χ4n) is 4.67. The summed E-state index contributed by atoms with van der Waals surface area (Å²) in [5.41, 5.74) is 0.692. The number of aromatic nitrogens is 4. The molecule has 1 atom stereocenters. The minimum Gasteiger partial charge on any atom is -0.378 e. The third-order valence-electron chi connectivity index (χ3n) is 7.27. The number of rotatable bonds is 8. The van der Waals surface area contributed by atoms with Crippen molar-refractivity contribution in [2.45, 2.75) is 48.8 Å². The number of ether oxygens (including phenoxy) is 2. The summed E-state index contributed by atoms with van der Waals surface area (Å²) in [6, 6.07) is 1.53. The molecule has 3 aromatic rings. The average Bonchev–Trinajstić information content (AvgIpc) is 3.25. The quantitative estimate of drug-likeness (QED) is 0.421. The van der Waals surface area contributed by atoms with Gasteiger partial charge in [-0.05, 0) is 25.8 Å². The van der Waals surface area contributed by atoms with Gasteiger partial charge >= 0.3 is 0 Å². The zero-order valence-corrected chi connectivity index (χ0v) is 22.8. The first-order valence-corrected chi connectivity index (χ1v) is 14.7. The van der Waals surface area contributed by atoms with Crippen molar-refractivity contribution < 1.29 is 31.5 Å². The number of imidazole rings is 1. The standard InChI is InChI=1S/C23H27F2N7O5S2/c1-23(3-4-23)29-39(34,35)14-7-15(30-5-6-37-17(12-30)22(33)31-9-13(10-31)36-2)19-26-8-16(32(19)11-14)20-27-28-21(38-20)18(24)25/h7-8,11,13,17-18,29H,3-6,9-10,12H2,1-2H3/t17-/m0/s1. The van der Waals surface area contributed by atoms with Gasteiger partial charge in [0.05, 0.1) is 31.1 Å². The molecule has 0 unspecified atom stereocenters. The molecular weight excluding hydrogens is 556 g/mol. The number of alkyl halides is 2. The molecule has 39 heavy (non-hydrogen) atoms. The van der Waals surface area contributed by atoms with E-state index in [2.05, 4.69) is 19.9 Å². The zero-order chi connectivity index (χ0) is 27.5. The Hall–Kier alpha value is -2.79. The second-order valence-corrected chi connectivity index (χ2v) is 12.9. The van der Waals surface area contributed by atoms with E-state index in [1.54, 1.807) is 12.0 Å². The number of amides is 1. The van der Waals surface area contributed by atoms with Crippen LogP contribution in [0.15, 0.2) is 23.4 Å². The number of nitrogens with one attached hydrogen (secondary N) is 1. The van der Waals surface area contributed by atoms with Crippen LogP contribution >= 0.6 is 11.3 Å². The van der Waals surface area contributed by atoms with Crippen molar-refractivity contribution in [3.8, 4) is 10.7 Å². The number of carbonyl (C=O) groups excluding carboxylic acids is 1. The normalized spacial score (nSPS) is 21.5. The van der Waals surface area contributed by atoms with Crippen LogP contribution in [0.5, 0.6) is 0 Å². The first kappa shape index (κ1) is 26.4. The lowest BCUT2D eigenvalue weighted by Gasteiger charge is -2.42. The van der Waals surface area contributed by atoms with Gasteiger partial charge in [-0.2, -0.15) is 0 Å². The monoisotopic (exact) mass is 583 g/mol. The van der Waals surface area contributed by atoms with Crippen molar-refractivity contribution in [2.75, 3.05) is 44.8 Å². The van der Waals surface area contributed by atoms with Crippen molar-refractivity contribution in [3.63, 3.8) is 0 Å². The van der Waals surface area contributed by atoms with Gasteiger partial charge < -0.3 is 19.3 Å². The predicted octanol–water partition coefficient (Wildman–Crippen LogP) is 1.68. The molecule has 1 aliphatic carbocycles. The molecular formula is C23H27F2N7O5S2. The third-order valence-corrected chi connectivity index (χ3v) is 9.83. The number of fused-ring (bicyclic) bond motifs is 1. The van der Waals surface area contributed by atoms with E-state index in [-0.39, 0.29) is 35.1 Å². The van der Waals surface area contributed by atoms with Gasteiger partial charge in [0.25, 0.3) is 12.3 Å². The molecule has 6 rings (SSSR count). The van der Waals surface area contributed by atoms with E-state index in [1.165, 1.54) is 22.9 Å². The van der Waals surface area contributed by atoms with Crippen LogP contribution < -0.4 is 9.62 Å². The summed E-state index contributed by atoms with van der Waals surface area (Å²) in [5, 5.41) is 7.18. The lowest BCUT2D eigenvalue weighted by molar-refractivity contribution is -0.156. The minimum atomic E-state index is -3.94. The molecule has 1 N–H and O–H groups in total. The molecule has 2 aliphatic heterocycles. The number of anilines is 1. The summed E-state index contributed by atoms with van der Waals surface area (Å²) < 4.78 is 68.5. The van der Waals surface area contributed by atoms with E-state index >= 15 is 0 Å². The summed E-state index contributed by atoms with van der Waals surface area (Å²) in [6.07, 6.45) is 0.802. The highest BCUT2D eigenvalue weighted by Gasteiger charge is 2.42. The Kier molecular flexibility index (Phi) is 6.57. The van der Waals surface area contributed by atoms with E-state index in [9.17, 15) is 22.0 Å². The van der Waals surface area contributed by atoms with Crippen molar-refractivity contribution >= 4 is 38.6 Å². The van der Waals surface area contributed by atoms with Gasteiger partial charge in [0.15, 0.2) is 21.8 Å². The number of pyridine rings is 1. The minimum absolute atomic E-state index is 0.00487. The van der Waals surface area contributed by atoms with Crippen molar-refractivity contribution in [2.24, 2.45) is 0 Å². The third kappa shape index (κ3) is 4.99. The van der Waals surface area contributed by atoms with Crippen LogP contribution in [0.2, 0.25) is 0 Å². The van der Waals surface area contributed by atoms with Gasteiger partial charge in [-0.1, -0.05) is 11.3 Å². The van der Waals surface area contributed by atoms with Crippen LogP contribution in [0.25, 0.3) is 16.3 Å². The molecule has 0 spiro atoms. The summed E-state index contributed by atoms with van der Waals surface area (Å²) in [6.45, 7) is 3.65. The largest absolute Gasteiger partial charge is 0.378 e. The molecule has 12 nitrogen and oxygen atoms in total. The molecule has 3 aliphatic rings. The number of halogens is 2. The van der Waals surface area contributed by atoms with Gasteiger partial charge in [0.2, 0.25) is 10.0 Å². The highest BCUT2D eigenvalue weighted by molar-refractivity contribution is 7.89. The van der Waals surface area contributed by atoms with Crippen LogP contribution in [-0.2, 0) is 24.3 Å². The smallest absolute Gasteiger partial charge is 0.291 e. The first-order chi connectivity index (χ1) is 18.6. The SMILES string of the molecule is COC1CN(C(=O)[C@@H]2CN(c3cc(S(=O)(=O)NC4(C)CC4)cn4c(-c5nnc(C(F)F)s5)cnc34)CCO2)C1. The Bertz CT molecular complexity index is 1520. The highest BCUT2D eigenvalue weighted by atomic mass is 32.2. The number of morpholine rings is 1. The van der Waals surface area contributed by atoms with Gasteiger partial charge in [-0.15, -0.1) is 10.2 Å². The Morgan fingerprint density at radius 3 is 2.72 bits per heavy atom. The maximum absolute atomic E-state index is 13.4. The zero-order valence-electron chi connectivity index (χ0n) is 21.2. The number of sulfonamides is 1. The Morgan fingerprint density at radius 1 is 1.28 bits per heavy atom. The maximum Gasteiger partial charge on any atom is 0.291 e. The van der Waals surface area contributed by atoms with Gasteiger partial charge in [0, 0.05) is 38.5 Å². The van der Waals surface area contributed by atoms with E-state index in [0.717, 1.165) is 12.8 Å². The van der Waals surface area contributed by atoms with E-state index in [1.807, 2.05) is 11.8 Å². The first-order valence-electron chi connectivity index (χ1n) is 12.4. The van der Waals surface area contributed by atoms with E-state index in [0.29, 0.717) is 48.0 Å². The summed E-state index contributed by atoms with van der Waals surface area (Å²) in [7, 11) is -2.34. The van der Waals surface area contributed by atoms with Gasteiger partial charge in [-0.25, -0.2) is 26.9 Å². The molecule has 5 heterocycles. The molecule has 0 aromatic carbocycles. The Morgan fingerprint density at radius 2 is 2.05 bits per heavy atom. The Balaban J connectivity index is 1.39. The second kappa shape index (κ2) is 9.69. The lowest BCUT2D eigenvalue weighted by Crippen LogP contribution is -2.60. The molecule has 1 amide bonds. The molecule has 1 saturated carbocycles. The summed E-state index contributed by atoms with van der Waals surface area (Å²) in [4.78, 5) is 21.0. The van der Waals surface area contributed by atoms with E-state index < -0.39 is 33.1 Å². The number of nitrogens with zero attached hydrogens (tertiary/aromatic N) is 6. The highest BCUT2D eigenvalue weighted by Crippen LogP contribution is 2.38. The fourth-order valence-corrected chi connectivity index (χ4v) is 6.86. The van der Waals surface area contributed by atoms with Crippen LogP contribution in [0.1, 0.15) is 31.2 Å². The van der Waals surface area contributed by atoms with Crippen LogP contribution in [0.4, 0.5) is 14.5 Å². The van der Waals surface area contributed by atoms with Crippen molar-refractivity contribution in [1.82, 2.24) is 29.2 Å². The Labute approximate surface area is 227 Å². The van der Waals surface area contributed by atoms with Crippen LogP contribution in [-0.4, -0.2) is 96.4 Å².